The summed E-state index contributed by atoms with van der Waals surface area (Å²) in [4.78, 5) is 2.62. The normalized spacial score (nSPS) is 29.7. The zero-order valence-electron chi connectivity index (χ0n) is 14.0. The molecule has 3 N–H and O–H groups in total. The van der Waals surface area contributed by atoms with Gasteiger partial charge < -0.3 is 15.8 Å². The van der Waals surface area contributed by atoms with Gasteiger partial charge in [0, 0.05) is 31.7 Å². The molecule has 1 aliphatic heterocycles. The molecular formula is C17H35N3O. The van der Waals surface area contributed by atoms with Gasteiger partial charge in [-0.25, -0.2) is 0 Å². The van der Waals surface area contributed by atoms with Crippen LogP contribution in [0.25, 0.3) is 0 Å². The van der Waals surface area contributed by atoms with Crippen LogP contribution in [0.1, 0.15) is 46.0 Å². The van der Waals surface area contributed by atoms with Crippen molar-refractivity contribution in [3.63, 3.8) is 0 Å². The van der Waals surface area contributed by atoms with Crippen molar-refractivity contribution in [1.82, 2.24) is 10.2 Å². The monoisotopic (exact) mass is 297 g/mol. The molecule has 0 aromatic rings. The van der Waals surface area contributed by atoms with E-state index in [9.17, 15) is 0 Å². The third-order valence-corrected chi connectivity index (χ3v) is 5.13. The fourth-order valence-electron chi connectivity index (χ4n) is 3.89. The lowest BCUT2D eigenvalue weighted by atomic mass is 9.84. The lowest BCUT2D eigenvalue weighted by molar-refractivity contribution is 0.0111. The summed E-state index contributed by atoms with van der Waals surface area (Å²) in [5.41, 5.74) is 5.96. The molecule has 2 rings (SSSR count). The van der Waals surface area contributed by atoms with Crippen molar-refractivity contribution in [2.75, 3.05) is 39.4 Å². The van der Waals surface area contributed by atoms with Gasteiger partial charge in [0.2, 0.25) is 0 Å². The molecule has 1 heterocycles. The van der Waals surface area contributed by atoms with Crippen LogP contribution in [0.5, 0.6) is 0 Å². The predicted molar refractivity (Wildman–Crippen MR) is 88.4 cm³/mol. The molecule has 2 aliphatic rings. The topological polar surface area (TPSA) is 50.5 Å². The molecule has 3 unspecified atom stereocenters. The maximum Gasteiger partial charge on any atom is 0.0594 e. The lowest BCUT2D eigenvalue weighted by Gasteiger charge is -2.38. The third kappa shape index (κ3) is 5.51. The molecule has 2 fully saturated rings. The highest BCUT2D eigenvalue weighted by molar-refractivity contribution is 4.85. The van der Waals surface area contributed by atoms with Gasteiger partial charge in [-0.3, -0.25) is 4.90 Å². The number of nitrogens with two attached hydrogens (primary N) is 1. The average Bonchev–Trinajstić information content (AvgIpc) is 2.52. The van der Waals surface area contributed by atoms with Crippen LogP contribution in [0.4, 0.5) is 0 Å². The summed E-state index contributed by atoms with van der Waals surface area (Å²) in [7, 11) is 0. The van der Waals surface area contributed by atoms with Gasteiger partial charge in [0.05, 0.1) is 13.2 Å². The Kier molecular flexibility index (Phi) is 7.44. The van der Waals surface area contributed by atoms with Crippen molar-refractivity contribution >= 4 is 0 Å². The smallest absolute Gasteiger partial charge is 0.0594 e. The Labute approximate surface area is 130 Å². The Bertz CT molecular complexity index is 279. The van der Waals surface area contributed by atoms with Crippen molar-refractivity contribution in [3.8, 4) is 0 Å². The van der Waals surface area contributed by atoms with Crippen molar-refractivity contribution in [2.45, 2.75) is 58.0 Å². The fraction of sp³-hybridized carbons (Fsp3) is 1.00. The molecule has 21 heavy (non-hydrogen) atoms. The number of morpholine rings is 1. The Balaban J connectivity index is 1.85. The number of hydrogen-bond acceptors (Lipinski definition) is 4. The summed E-state index contributed by atoms with van der Waals surface area (Å²) in [5.74, 6) is 1.43. The summed E-state index contributed by atoms with van der Waals surface area (Å²) in [6.07, 6.45) is 6.60. The number of rotatable bonds is 7. The SMILES string of the molecule is CC(C)CC(CNC1CCCCC1CN)N1CCOCC1. The molecule has 0 aromatic heterocycles. The van der Waals surface area contributed by atoms with Crippen molar-refractivity contribution in [3.05, 3.63) is 0 Å². The van der Waals surface area contributed by atoms with Gasteiger partial charge in [0.15, 0.2) is 0 Å². The Morgan fingerprint density at radius 2 is 1.90 bits per heavy atom. The van der Waals surface area contributed by atoms with Gasteiger partial charge in [0.25, 0.3) is 0 Å². The molecular weight excluding hydrogens is 262 g/mol. The first-order valence-electron chi connectivity index (χ1n) is 8.96. The van der Waals surface area contributed by atoms with Crippen LogP contribution >= 0.6 is 0 Å². The van der Waals surface area contributed by atoms with Gasteiger partial charge in [-0.1, -0.05) is 26.7 Å². The third-order valence-electron chi connectivity index (χ3n) is 5.13. The maximum atomic E-state index is 5.96. The van der Waals surface area contributed by atoms with Gasteiger partial charge in [-0.15, -0.1) is 0 Å². The Morgan fingerprint density at radius 3 is 2.57 bits per heavy atom. The molecule has 0 bridgehead atoms. The quantitative estimate of drug-likeness (QED) is 0.753. The molecule has 0 spiro atoms. The second-order valence-corrected chi connectivity index (χ2v) is 7.23. The minimum atomic E-state index is 0.638. The number of nitrogens with zero attached hydrogens (tertiary/aromatic N) is 1. The molecule has 4 nitrogen and oxygen atoms in total. The summed E-state index contributed by atoms with van der Waals surface area (Å²) < 4.78 is 5.51. The van der Waals surface area contributed by atoms with E-state index in [4.69, 9.17) is 10.5 Å². The molecule has 3 atom stereocenters. The molecule has 1 saturated carbocycles. The van der Waals surface area contributed by atoms with Crippen LogP contribution in [0, 0.1) is 11.8 Å². The van der Waals surface area contributed by atoms with E-state index in [-0.39, 0.29) is 0 Å². The van der Waals surface area contributed by atoms with Crippen LogP contribution in [-0.2, 0) is 4.74 Å². The van der Waals surface area contributed by atoms with E-state index in [0.29, 0.717) is 18.0 Å². The second kappa shape index (κ2) is 9.09. The first-order chi connectivity index (χ1) is 10.2. The Morgan fingerprint density at radius 1 is 1.19 bits per heavy atom. The van der Waals surface area contributed by atoms with E-state index >= 15 is 0 Å². The number of ether oxygens (including phenoxy) is 1. The van der Waals surface area contributed by atoms with Crippen molar-refractivity contribution in [1.29, 1.82) is 0 Å². The maximum absolute atomic E-state index is 5.96. The standard InChI is InChI=1S/C17H35N3O/c1-14(2)11-16(20-7-9-21-10-8-20)13-19-17-6-4-3-5-15(17)12-18/h14-17,19H,3-13,18H2,1-2H3. The predicted octanol–water partition coefficient (Wildman–Crippen LogP) is 1.84. The summed E-state index contributed by atoms with van der Waals surface area (Å²) in [6.45, 7) is 10.6. The lowest BCUT2D eigenvalue weighted by Crippen LogP contribution is -2.52. The van der Waals surface area contributed by atoms with Gasteiger partial charge in [0.1, 0.15) is 0 Å². The van der Waals surface area contributed by atoms with E-state index < -0.39 is 0 Å². The molecule has 4 heteroatoms. The second-order valence-electron chi connectivity index (χ2n) is 7.23. The first-order valence-corrected chi connectivity index (χ1v) is 8.96. The summed E-state index contributed by atoms with van der Waals surface area (Å²) in [6, 6.07) is 1.29. The minimum Gasteiger partial charge on any atom is -0.379 e. The van der Waals surface area contributed by atoms with E-state index in [1.807, 2.05) is 0 Å². The van der Waals surface area contributed by atoms with Crippen LogP contribution in [0.3, 0.4) is 0 Å². The fourth-order valence-corrected chi connectivity index (χ4v) is 3.89. The summed E-state index contributed by atoms with van der Waals surface area (Å²) in [5, 5.41) is 3.86. The van der Waals surface area contributed by atoms with E-state index in [1.165, 1.54) is 32.1 Å². The van der Waals surface area contributed by atoms with Gasteiger partial charge in [-0.2, -0.15) is 0 Å². The highest BCUT2D eigenvalue weighted by Gasteiger charge is 2.26. The van der Waals surface area contributed by atoms with Gasteiger partial charge in [-0.05, 0) is 37.6 Å². The van der Waals surface area contributed by atoms with Crippen LogP contribution < -0.4 is 11.1 Å². The zero-order chi connectivity index (χ0) is 15.1. The highest BCUT2D eigenvalue weighted by atomic mass is 16.5. The number of nitrogens with one attached hydrogen (secondary N) is 1. The molecule has 124 valence electrons. The minimum absolute atomic E-state index is 0.638. The first kappa shape index (κ1) is 17.2. The van der Waals surface area contributed by atoms with Gasteiger partial charge >= 0.3 is 0 Å². The van der Waals surface area contributed by atoms with Crippen LogP contribution in [0.2, 0.25) is 0 Å². The highest BCUT2D eigenvalue weighted by Crippen LogP contribution is 2.24. The van der Waals surface area contributed by atoms with Crippen molar-refractivity contribution < 1.29 is 4.74 Å². The van der Waals surface area contributed by atoms with E-state index in [0.717, 1.165) is 45.3 Å². The molecule has 0 aromatic carbocycles. The van der Waals surface area contributed by atoms with Crippen LogP contribution in [-0.4, -0.2) is 56.4 Å². The van der Waals surface area contributed by atoms with E-state index in [1.54, 1.807) is 0 Å². The van der Waals surface area contributed by atoms with Crippen molar-refractivity contribution in [2.24, 2.45) is 17.6 Å². The number of hydrogen-bond donors (Lipinski definition) is 2. The Hall–Kier alpha value is -0.160. The van der Waals surface area contributed by atoms with E-state index in [2.05, 4.69) is 24.1 Å². The van der Waals surface area contributed by atoms with Crippen LogP contribution in [0.15, 0.2) is 0 Å². The average molecular weight is 297 g/mol. The summed E-state index contributed by atoms with van der Waals surface area (Å²) >= 11 is 0. The zero-order valence-corrected chi connectivity index (χ0v) is 14.0. The largest absolute Gasteiger partial charge is 0.379 e. The molecule has 1 saturated heterocycles. The molecule has 0 amide bonds. The molecule has 0 radical (unpaired) electrons. The molecule has 1 aliphatic carbocycles.